The summed E-state index contributed by atoms with van der Waals surface area (Å²) in [4.78, 5) is 24.8. The highest BCUT2D eigenvalue weighted by Gasteiger charge is 2.15. The first kappa shape index (κ1) is 27.4. The molecule has 0 aliphatic carbocycles. The van der Waals surface area contributed by atoms with Gasteiger partial charge in [0.05, 0.1) is 10.0 Å². The van der Waals surface area contributed by atoms with Crippen LogP contribution in [0.3, 0.4) is 0 Å². The Morgan fingerprint density at radius 3 is 2.33 bits per heavy atom. The van der Waals surface area contributed by atoms with Crippen molar-refractivity contribution in [1.29, 1.82) is 0 Å². The van der Waals surface area contributed by atoms with Gasteiger partial charge in [-0.25, -0.2) is 0 Å². The minimum atomic E-state index is -0.494. The number of carbonyl (C=O) groups excluding carboxylic acids is 2. The number of hydrogen-bond donors (Lipinski definition) is 3. The maximum Gasteiger partial charge on any atom is 0.276 e. The number of benzene rings is 3. The Hall–Kier alpha value is -3.15. The average Bonchev–Trinajstić information content (AvgIpc) is 2.85. The van der Waals surface area contributed by atoms with Crippen LogP contribution in [0.1, 0.15) is 15.9 Å². The van der Waals surface area contributed by atoms with Crippen LogP contribution in [0.15, 0.2) is 75.7 Å². The molecule has 0 saturated carbocycles. The third-order valence-corrected chi connectivity index (χ3v) is 5.82. The lowest BCUT2D eigenvalue weighted by molar-refractivity contribution is -0.123. The molecule has 2 amide bonds. The number of ether oxygens (including phenoxy) is 3. The Kier molecular flexibility index (Phi) is 10.5. The smallest absolute Gasteiger partial charge is 0.276 e. The Morgan fingerprint density at radius 1 is 0.889 bits per heavy atom. The lowest BCUT2D eigenvalue weighted by atomic mass is 10.2. The summed E-state index contributed by atoms with van der Waals surface area (Å²) >= 11 is 11.9. The fraction of sp³-hybridized carbons (Fsp3) is 0.160. The van der Waals surface area contributed by atoms with Crippen LogP contribution >= 0.6 is 44.1 Å². The fourth-order valence-electron chi connectivity index (χ4n) is 2.98. The molecule has 3 rings (SSSR count). The topological polar surface area (TPSA) is 97.9 Å². The number of para-hydroxylation sites is 2. The van der Waals surface area contributed by atoms with Gasteiger partial charge in [0.2, 0.25) is 0 Å². The second kappa shape index (κ2) is 13.8. The quantitative estimate of drug-likeness (QED) is 0.178. The zero-order valence-corrected chi connectivity index (χ0v) is 23.2. The zero-order chi connectivity index (χ0) is 25.9. The molecule has 0 bridgehead atoms. The molecule has 0 fully saturated rings. The monoisotopic (exact) mass is 635 g/mol. The summed E-state index contributed by atoms with van der Waals surface area (Å²) in [6, 6.07) is 19.8. The summed E-state index contributed by atoms with van der Waals surface area (Å²) in [6.45, 7) is 2.16. The summed E-state index contributed by atoms with van der Waals surface area (Å²) in [7, 11) is 0. The molecular weight excluding hydrogens is 614 g/mol. The number of aryl methyl sites for hydroxylation is 1. The number of halogens is 2. The average molecular weight is 637 g/mol. The first-order valence-electron chi connectivity index (χ1n) is 10.7. The van der Waals surface area contributed by atoms with Crippen LogP contribution in [-0.4, -0.2) is 36.7 Å². The molecular formula is C25H23Br2N3O5S. The van der Waals surface area contributed by atoms with Crippen LogP contribution in [0.25, 0.3) is 0 Å². The van der Waals surface area contributed by atoms with Gasteiger partial charge in [-0.05, 0) is 77.0 Å². The molecule has 0 atom stereocenters. The van der Waals surface area contributed by atoms with Crippen LogP contribution in [0, 0.1) is 6.92 Å². The van der Waals surface area contributed by atoms with Crippen LogP contribution in [0.2, 0.25) is 0 Å². The molecule has 0 saturated heterocycles. The summed E-state index contributed by atoms with van der Waals surface area (Å²) in [5.41, 5.74) is 6.02. The SMILES string of the molecule is Cc1cc(Br)cc(Br)c1OCC(=O)NNC(=S)NC(=O)c1ccccc1OCCOc1ccccc1. The number of nitrogens with one attached hydrogen (secondary N) is 3. The number of carbonyl (C=O) groups is 2. The number of rotatable bonds is 9. The molecule has 3 aromatic carbocycles. The van der Waals surface area contributed by atoms with Crippen LogP contribution in [0.4, 0.5) is 0 Å². The summed E-state index contributed by atoms with van der Waals surface area (Å²) in [5, 5.41) is 2.42. The zero-order valence-electron chi connectivity index (χ0n) is 19.2. The number of hydrazine groups is 1. The molecule has 0 heterocycles. The maximum absolute atomic E-state index is 12.7. The predicted octanol–water partition coefficient (Wildman–Crippen LogP) is 4.69. The first-order valence-corrected chi connectivity index (χ1v) is 12.7. The van der Waals surface area contributed by atoms with E-state index in [0.717, 1.165) is 15.8 Å². The summed E-state index contributed by atoms with van der Waals surface area (Å²) in [6.07, 6.45) is 0. The van der Waals surface area contributed by atoms with Gasteiger partial charge in [0, 0.05) is 4.47 Å². The van der Waals surface area contributed by atoms with E-state index in [4.69, 9.17) is 26.4 Å². The van der Waals surface area contributed by atoms with Crippen molar-refractivity contribution in [3.8, 4) is 17.2 Å². The standard InChI is InChI=1S/C25H23Br2N3O5S/c1-16-13-17(26)14-20(27)23(16)35-15-22(31)29-30-25(36)28-24(32)19-9-5-6-10-21(19)34-12-11-33-18-7-3-2-4-8-18/h2-10,13-14H,11-12,15H2,1H3,(H,29,31)(H2,28,30,32,36). The van der Waals surface area contributed by atoms with Gasteiger partial charge in [-0.15, -0.1) is 0 Å². The summed E-state index contributed by atoms with van der Waals surface area (Å²) < 4.78 is 18.5. The highest BCUT2D eigenvalue weighted by atomic mass is 79.9. The van der Waals surface area contributed by atoms with E-state index < -0.39 is 11.8 Å². The van der Waals surface area contributed by atoms with Crippen molar-refractivity contribution in [3.63, 3.8) is 0 Å². The van der Waals surface area contributed by atoms with E-state index in [-0.39, 0.29) is 23.9 Å². The van der Waals surface area contributed by atoms with Gasteiger partial charge in [0.25, 0.3) is 11.8 Å². The van der Waals surface area contributed by atoms with E-state index in [0.29, 0.717) is 22.6 Å². The molecule has 188 valence electrons. The van der Waals surface area contributed by atoms with Gasteiger partial charge in [-0.1, -0.05) is 46.3 Å². The van der Waals surface area contributed by atoms with Crippen LogP contribution < -0.4 is 30.4 Å². The van der Waals surface area contributed by atoms with E-state index >= 15 is 0 Å². The van der Waals surface area contributed by atoms with Crippen LogP contribution in [0.5, 0.6) is 17.2 Å². The third-order valence-electron chi connectivity index (χ3n) is 4.57. The molecule has 3 aromatic rings. The van der Waals surface area contributed by atoms with Crippen molar-refractivity contribution in [3.05, 3.63) is 86.8 Å². The molecule has 0 unspecified atom stereocenters. The minimum Gasteiger partial charge on any atom is -0.490 e. The van der Waals surface area contributed by atoms with E-state index in [1.807, 2.05) is 49.4 Å². The van der Waals surface area contributed by atoms with Crippen molar-refractivity contribution in [2.75, 3.05) is 19.8 Å². The third kappa shape index (κ3) is 8.51. The van der Waals surface area contributed by atoms with Crippen molar-refractivity contribution in [2.24, 2.45) is 0 Å². The second-order valence-electron chi connectivity index (χ2n) is 7.28. The Labute approximate surface area is 230 Å². The second-order valence-corrected chi connectivity index (χ2v) is 9.46. The molecule has 8 nitrogen and oxygen atoms in total. The maximum atomic E-state index is 12.7. The molecule has 0 aliphatic heterocycles. The number of amides is 2. The number of thiocarbonyl (C=S) groups is 1. The van der Waals surface area contributed by atoms with E-state index in [2.05, 4.69) is 48.0 Å². The molecule has 0 aliphatic rings. The molecule has 0 spiro atoms. The van der Waals surface area contributed by atoms with Crippen molar-refractivity contribution in [1.82, 2.24) is 16.2 Å². The molecule has 0 radical (unpaired) electrons. The van der Waals surface area contributed by atoms with Gasteiger partial charge in [0.15, 0.2) is 11.7 Å². The molecule has 11 heteroatoms. The van der Waals surface area contributed by atoms with Gasteiger partial charge >= 0.3 is 0 Å². The highest BCUT2D eigenvalue weighted by molar-refractivity contribution is 9.11. The normalized spacial score (nSPS) is 10.2. The van der Waals surface area contributed by atoms with Crippen molar-refractivity contribution < 1.29 is 23.8 Å². The minimum absolute atomic E-state index is 0.0865. The lowest BCUT2D eigenvalue weighted by Gasteiger charge is -2.14. The van der Waals surface area contributed by atoms with E-state index in [1.165, 1.54) is 0 Å². The van der Waals surface area contributed by atoms with E-state index in [9.17, 15) is 9.59 Å². The number of hydrogen-bond acceptors (Lipinski definition) is 6. The van der Waals surface area contributed by atoms with Crippen LogP contribution in [-0.2, 0) is 4.79 Å². The fourth-order valence-corrected chi connectivity index (χ4v) is 4.68. The predicted molar refractivity (Wildman–Crippen MR) is 147 cm³/mol. The molecule has 36 heavy (non-hydrogen) atoms. The molecule has 0 aromatic heterocycles. The lowest BCUT2D eigenvalue weighted by Crippen LogP contribution is -2.49. The molecule has 3 N–H and O–H groups in total. The van der Waals surface area contributed by atoms with E-state index in [1.54, 1.807) is 24.3 Å². The van der Waals surface area contributed by atoms with Crippen molar-refractivity contribution in [2.45, 2.75) is 6.92 Å². The van der Waals surface area contributed by atoms with Gasteiger partial charge in [-0.3, -0.25) is 25.8 Å². The van der Waals surface area contributed by atoms with Gasteiger partial charge in [0.1, 0.15) is 30.5 Å². The Morgan fingerprint density at radius 2 is 1.58 bits per heavy atom. The van der Waals surface area contributed by atoms with Gasteiger partial charge < -0.3 is 14.2 Å². The first-order chi connectivity index (χ1) is 17.3. The highest BCUT2D eigenvalue weighted by Crippen LogP contribution is 2.32. The van der Waals surface area contributed by atoms with Gasteiger partial charge in [-0.2, -0.15) is 0 Å². The summed E-state index contributed by atoms with van der Waals surface area (Å²) in [5.74, 6) is 0.683. The Bertz CT molecular complexity index is 1200. The van der Waals surface area contributed by atoms with Crippen molar-refractivity contribution >= 4 is 61.0 Å². The Balaban J connectivity index is 1.43. The largest absolute Gasteiger partial charge is 0.490 e.